The van der Waals surface area contributed by atoms with Gasteiger partial charge in [-0.3, -0.25) is 5.32 Å². The molecule has 0 aliphatic carbocycles. The van der Waals surface area contributed by atoms with Crippen molar-refractivity contribution in [2.24, 2.45) is 0 Å². The lowest BCUT2D eigenvalue weighted by Crippen LogP contribution is -2.54. The number of nitrogens with one attached hydrogen (secondary N) is 1. The van der Waals surface area contributed by atoms with E-state index in [1.54, 1.807) is 7.11 Å². The van der Waals surface area contributed by atoms with Crippen molar-refractivity contribution in [1.82, 2.24) is 10.3 Å². The molecular weight excluding hydrogens is 272 g/mol. The molecule has 2 aromatic rings. The Bertz CT molecular complexity index is 591. The van der Waals surface area contributed by atoms with Crippen LogP contribution in [0.1, 0.15) is 5.69 Å². The lowest BCUT2D eigenvalue weighted by atomic mass is 10.0. The predicted octanol–water partition coefficient (Wildman–Crippen LogP) is 0.0487. The third-order valence-electron chi connectivity index (χ3n) is 3.51. The SMILES string of the molecule is COc1cccc2ccc(CNC(CO)(CO)CO)nc12. The third kappa shape index (κ3) is 3.30. The summed E-state index contributed by atoms with van der Waals surface area (Å²) in [7, 11) is 1.59. The van der Waals surface area contributed by atoms with E-state index in [-0.39, 0.29) is 19.8 Å². The lowest BCUT2D eigenvalue weighted by Gasteiger charge is -2.28. The summed E-state index contributed by atoms with van der Waals surface area (Å²) in [5.41, 5.74) is 0.367. The minimum atomic E-state index is -1.11. The number of benzene rings is 1. The molecule has 114 valence electrons. The summed E-state index contributed by atoms with van der Waals surface area (Å²) in [6.45, 7) is -0.777. The van der Waals surface area contributed by atoms with Crippen LogP contribution in [-0.2, 0) is 6.54 Å². The second-order valence-corrected chi connectivity index (χ2v) is 4.94. The molecule has 1 heterocycles. The van der Waals surface area contributed by atoms with Crippen LogP contribution >= 0.6 is 0 Å². The Balaban J connectivity index is 2.23. The number of methoxy groups -OCH3 is 1. The number of aromatic nitrogens is 1. The zero-order valence-electron chi connectivity index (χ0n) is 11.9. The van der Waals surface area contributed by atoms with E-state index in [1.807, 2.05) is 30.3 Å². The Labute approximate surface area is 123 Å². The van der Waals surface area contributed by atoms with Crippen LogP contribution in [-0.4, -0.2) is 52.8 Å². The third-order valence-corrected chi connectivity index (χ3v) is 3.51. The molecular formula is C15H20N2O4. The second kappa shape index (κ2) is 6.82. The van der Waals surface area contributed by atoms with E-state index in [0.29, 0.717) is 12.3 Å². The molecule has 1 aromatic carbocycles. The van der Waals surface area contributed by atoms with Gasteiger partial charge in [0.15, 0.2) is 0 Å². The van der Waals surface area contributed by atoms with Crippen molar-refractivity contribution < 1.29 is 20.1 Å². The van der Waals surface area contributed by atoms with Crippen molar-refractivity contribution in [3.8, 4) is 5.75 Å². The van der Waals surface area contributed by atoms with Crippen molar-refractivity contribution in [3.63, 3.8) is 0 Å². The van der Waals surface area contributed by atoms with Gasteiger partial charge < -0.3 is 20.1 Å². The van der Waals surface area contributed by atoms with Gasteiger partial charge in [-0.2, -0.15) is 0 Å². The van der Waals surface area contributed by atoms with E-state index in [0.717, 1.165) is 16.6 Å². The fraction of sp³-hybridized carbons (Fsp3) is 0.400. The molecule has 1 aromatic heterocycles. The van der Waals surface area contributed by atoms with Gasteiger partial charge in [-0.05, 0) is 12.1 Å². The van der Waals surface area contributed by atoms with Gasteiger partial charge in [0, 0.05) is 11.9 Å². The zero-order chi connectivity index (χ0) is 15.3. The summed E-state index contributed by atoms with van der Waals surface area (Å²) >= 11 is 0. The van der Waals surface area contributed by atoms with Gasteiger partial charge in [0.2, 0.25) is 0 Å². The van der Waals surface area contributed by atoms with E-state index < -0.39 is 5.54 Å². The van der Waals surface area contributed by atoms with Crippen LogP contribution in [0, 0.1) is 0 Å². The summed E-state index contributed by atoms with van der Waals surface area (Å²) in [5, 5.41) is 31.8. The number of nitrogens with zero attached hydrogens (tertiary/aromatic N) is 1. The molecule has 0 amide bonds. The van der Waals surface area contributed by atoms with Gasteiger partial charge >= 0.3 is 0 Å². The molecule has 4 N–H and O–H groups in total. The highest BCUT2D eigenvalue weighted by Gasteiger charge is 2.27. The van der Waals surface area contributed by atoms with Crippen LogP contribution in [0.15, 0.2) is 30.3 Å². The first-order valence-corrected chi connectivity index (χ1v) is 6.68. The topological polar surface area (TPSA) is 94.8 Å². The normalized spacial score (nSPS) is 11.8. The molecule has 0 radical (unpaired) electrons. The van der Waals surface area contributed by atoms with Crippen LogP contribution in [0.4, 0.5) is 0 Å². The number of para-hydroxylation sites is 1. The molecule has 0 aliphatic rings. The van der Waals surface area contributed by atoms with E-state index in [4.69, 9.17) is 4.74 Å². The van der Waals surface area contributed by atoms with Crippen LogP contribution in [0.3, 0.4) is 0 Å². The molecule has 2 rings (SSSR count). The van der Waals surface area contributed by atoms with Crippen LogP contribution in [0.5, 0.6) is 5.75 Å². The van der Waals surface area contributed by atoms with Gasteiger partial charge in [0.25, 0.3) is 0 Å². The number of aliphatic hydroxyl groups excluding tert-OH is 3. The number of ether oxygens (including phenoxy) is 1. The first kappa shape index (κ1) is 15.7. The molecule has 0 spiro atoms. The largest absolute Gasteiger partial charge is 0.494 e. The first-order chi connectivity index (χ1) is 10.2. The average Bonchev–Trinajstić information content (AvgIpc) is 2.56. The summed E-state index contributed by atoms with van der Waals surface area (Å²) in [5.74, 6) is 0.687. The number of pyridine rings is 1. The number of aliphatic hydroxyl groups is 3. The maximum Gasteiger partial charge on any atom is 0.145 e. The Morgan fingerprint density at radius 1 is 1.10 bits per heavy atom. The molecule has 0 aliphatic heterocycles. The van der Waals surface area contributed by atoms with Crippen LogP contribution in [0.2, 0.25) is 0 Å². The minimum absolute atomic E-state index is 0.315. The first-order valence-electron chi connectivity index (χ1n) is 6.68. The molecule has 0 saturated carbocycles. The molecule has 21 heavy (non-hydrogen) atoms. The number of fused-ring (bicyclic) bond motifs is 1. The standard InChI is InChI=1S/C15H20N2O4/c1-21-13-4-2-3-11-5-6-12(17-14(11)13)7-16-15(8-18,9-19)10-20/h2-6,16,18-20H,7-10H2,1H3. The van der Waals surface area contributed by atoms with Crippen LogP contribution in [0.25, 0.3) is 10.9 Å². The molecule has 0 bridgehead atoms. The fourth-order valence-electron chi connectivity index (χ4n) is 2.02. The van der Waals surface area contributed by atoms with E-state index in [9.17, 15) is 15.3 Å². The van der Waals surface area contributed by atoms with Gasteiger partial charge in [-0.15, -0.1) is 0 Å². The molecule has 0 fully saturated rings. The van der Waals surface area contributed by atoms with Crippen LogP contribution < -0.4 is 10.1 Å². The Morgan fingerprint density at radius 2 is 1.81 bits per heavy atom. The van der Waals surface area contributed by atoms with Crippen molar-refractivity contribution >= 4 is 10.9 Å². The molecule has 0 atom stereocenters. The Morgan fingerprint density at radius 3 is 2.43 bits per heavy atom. The van der Waals surface area contributed by atoms with Crippen molar-refractivity contribution in [1.29, 1.82) is 0 Å². The molecule has 6 heteroatoms. The van der Waals surface area contributed by atoms with Gasteiger partial charge in [0.1, 0.15) is 11.3 Å². The van der Waals surface area contributed by atoms with Crippen molar-refractivity contribution in [2.75, 3.05) is 26.9 Å². The average molecular weight is 292 g/mol. The molecule has 0 saturated heterocycles. The van der Waals surface area contributed by atoms with Gasteiger partial charge in [-0.25, -0.2) is 4.98 Å². The number of hydrogen-bond acceptors (Lipinski definition) is 6. The quantitative estimate of drug-likeness (QED) is 0.576. The van der Waals surface area contributed by atoms with E-state index in [1.165, 1.54) is 0 Å². The molecule has 6 nitrogen and oxygen atoms in total. The number of hydrogen-bond donors (Lipinski definition) is 4. The fourth-order valence-corrected chi connectivity index (χ4v) is 2.02. The molecule has 0 unspecified atom stereocenters. The Hall–Kier alpha value is -1.73. The van der Waals surface area contributed by atoms with E-state index >= 15 is 0 Å². The van der Waals surface area contributed by atoms with Gasteiger partial charge in [-0.1, -0.05) is 18.2 Å². The number of rotatable bonds is 7. The monoisotopic (exact) mass is 292 g/mol. The predicted molar refractivity (Wildman–Crippen MR) is 79.1 cm³/mol. The maximum absolute atomic E-state index is 9.29. The van der Waals surface area contributed by atoms with Gasteiger partial charge in [0.05, 0.1) is 38.2 Å². The highest BCUT2D eigenvalue weighted by molar-refractivity contribution is 5.84. The van der Waals surface area contributed by atoms with E-state index in [2.05, 4.69) is 10.3 Å². The smallest absolute Gasteiger partial charge is 0.145 e. The van der Waals surface area contributed by atoms with Crippen molar-refractivity contribution in [2.45, 2.75) is 12.1 Å². The maximum atomic E-state index is 9.29. The summed E-state index contributed by atoms with van der Waals surface area (Å²) in [6.07, 6.45) is 0. The highest BCUT2D eigenvalue weighted by atomic mass is 16.5. The van der Waals surface area contributed by atoms with Crippen molar-refractivity contribution in [3.05, 3.63) is 36.0 Å². The minimum Gasteiger partial charge on any atom is -0.494 e. The second-order valence-electron chi connectivity index (χ2n) is 4.94. The lowest BCUT2D eigenvalue weighted by molar-refractivity contribution is 0.0412. The summed E-state index contributed by atoms with van der Waals surface area (Å²) in [4.78, 5) is 4.52. The summed E-state index contributed by atoms with van der Waals surface area (Å²) < 4.78 is 5.29. The summed E-state index contributed by atoms with van der Waals surface area (Å²) in [6, 6.07) is 9.47. The highest BCUT2D eigenvalue weighted by Crippen LogP contribution is 2.23. The Kier molecular flexibility index (Phi) is 5.08. The zero-order valence-corrected chi connectivity index (χ0v) is 11.9.